The standard InChI is InChI=1S/C19H19N3O3/c1-2-24-18-17(8-4-10-21-18)19(23)22(14-16-7-5-11-25-16)13-15-6-3-9-20-12-15/h3-12H,2,13-14H2,1H3. The molecule has 0 atom stereocenters. The Hall–Kier alpha value is -3.15. The highest BCUT2D eigenvalue weighted by Crippen LogP contribution is 2.20. The molecular formula is C19H19N3O3. The molecule has 0 aliphatic rings. The molecule has 0 unspecified atom stereocenters. The Labute approximate surface area is 146 Å². The van der Waals surface area contributed by atoms with E-state index < -0.39 is 0 Å². The van der Waals surface area contributed by atoms with Crippen LogP contribution in [0.5, 0.6) is 5.88 Å². The number of hydrogen-bond donors (Lipinski definition) is 0. The van der Waals surface area contributed by atoms with Crippen LogP contribution < -0.4 is 4.74 Å². The van der Waals surface area contributed by atoms with Crippen LogP contribution in [0.1, 0.15) is 28.6 Å². The van der Waals surface area contributed by atoms with Crippen molar-refractivity contribution in [2.45, 2.75) is 20.0 Å². The van der Waals surface area contributed by atoms with Crippen molar-refractivity contribution in [3.05, 3.63) is 78.1 Å². The molecule has 0 saturated carbocycles. The van der Waals surface area contributed by atoms with Crippen molar-refractivity contribution in [3.8, 4) is 5.88 Å². The molecule has 3 rings (SSSR count). The number of hydrogen-bond acceptors (Lipinski definition) is 5. The van der Waals surface area contributed by atoms with Gasteiger partial charge >= 0.3 is 0 Å². The lowest BCUT2D eigenvalue weighted by atomic mass is 10.2. The zero-order valence-electron chi connectivity index (χ0n) is 14.0. The van der Waals surface area contributed by atoms with E-state index in [0.717, 1.165) is 5.56 Å². The zero-order chi connectivity index (χ0) is 17.5. The summed E-state index contributed by atoms with van der Waals surface area (Å²) in [5.74, 6) is 0.876. The van der Waals surface area contributed by atoms with Crippen molar-refractivity contribution in [2.75, 3.05) is 6.61 Å². The molecule has 128 valence electrons. The van der Waals surface area contributed by atoms with Crippen LogP contribution in [-0.4, -0.2) is 27.4 Å². The molecule has 1 amide bonds. The summed E-state index contributed by atoms with van der Waals surface area (Å²) in [6.07, 6.45) is 6.66. The third-order valence-electron chi connectivity index (χ3n) is 3.59. The molecule has 0 spiro atoms. The van der Waals surface area contributed by atoms with Crippen LogP contribution in [0.3, 0.4) is 0 Å². The first-order valence-electron chi connectivity index (χ1n) is 8.06. The number of ether oxygens (including phenoxy) is 1. The fourth-order valence-corrected chi connectivity index (χ4v) is 2.48. The monoisotopic (exact) mass is 337 g/mol. The number of carbonyl (C=O) groups excluding carboxylic acids is 1. The highest BCUT2D eigenvalue weighted by atomic mass is 16.5. The van der Waals surface area contributed by atoms with Gasteiger partial charge in [-0.2, -0.15) is 0 Å². The molecule has 6 nitrogen and oxygen atoms in total. The van der Waals surface area contributed by atoms with Crippen LogP contribution in [0.4, 0.5) is 0 Å². The first-order valence-corrected chi connectivity index (χ1v) is 8.06. The predicted octanol–water partition coefficient (Wildman–Crippen LogP) is 3.31. The summed E-state index contributed by atoms with van der Waals surface area (Å²) in [5.41, 5.74) is 1.36. The molecule has 0 aliphatic carbocycles. The van der Waals surface area contributed by atoms with Crippen LogP contribution in [0.2, 0.25) is 0 Å². The Morgan fingerprint density at radius 3 is 2.76 bits per heavy atom. The minimum Gasteiger partial charge on any atom is -0.477 e. The fraction of sp³-hybridized carbons (Fsp3) is 0.211. The zero-order valence-corrected chi connectivity index (χ0v) is 14.0. The number of carbonyl (C=O) groups is 1. The summed E-state index contributed by atoms with van der Waals surface area (Å²) in [5, 5.41) is 0. The van der Waals surface area contributed by atoms with E-state index in [1.54, 1.807) is 48.0 Å². The minimum absolute atomic E-state index is 0.170. The highest BCUT2D eigenvalue weighted by molar-refractivity contribution is 5.96. The average molecular weight is 337 g/mol. The smallest absolute Gasteiger partial charge is 0.260 e. The summed E-state index contributed by atoms with van der Waals surface area (Å²) >= 11 is 0. The number of pyridine rings is 2. The number of aromatic nitrogens is 2. The number of nitrogens with zero attached hydrogens (tertiary/aromatic N) is 3. The van der Waals surface area contributed by atoms with Crippen LogP contribution in [0.15, 0.2) is 65.7 Å². The maximum absolute atomic E-state index is 13.1. The van der Waals surface area contributed by atoms with Gasteiger partial charge in [-0.3, -0.25) is 9.78 Å². The molecule has 3 aromatic heterocycles. The second-order valence-corrected chi connectivity index (χ2v) is 5.39. The van der Waals surface area contributed by atoms with Crippen molar-refractivity contribution in [1.29, 1.82) is 0 Å². The highest BCUT2D eigenvalue weighted by Gasteiger charge is 2.22. The second-order valence-electron chi connectivity index (χ2n) is 5.39. The summed E-state index contributed by atoms with van der Waals surface area (Å²) < 4.78 is 10.9. The van der Waals surface area contributed by atoms with Crippen molar-refractivity contribution < 1.29 is 13.9 Å². The maximum atomic E-state index is 13.1. The largest absolute Gasteiger partial charge is 0.477 e. The van der Waals surface area contributed by atoms with E-state index in [4.69, 9.17) is 9.15 Å². The van der Waals surface area contributed by atoms with Gasteiger partial charge in [-0.25, -0.2) is 4.98 Å². The normalized spacial score (nSPS) is 10.4. The fourth-order valence-electron chi connectivity index (χ4n) is 2.48. The summed E-state index contributed by atoms with van der Waals surface area (Å²) in [6.45, 7) is 3.06. The summed E-state index contributed by atoms with van der Waals surface area (Å²) in [7, 11) is 0. The van der Waals surface area contributed by atoms with Gasteiger partial charge in [0.15, 0.2) is 0 Å². The molecule has 0 aromatic carbocycles. The van der Waals surface area contributed by atoms with E-state index in [9.17, 15) is 4.79 Å². The molecular weight excluding hydrogens is 318 g/mol. The summed E-state index contributed by atoms with van der Waals surface area (Å²) in [6, 6.07) is 10.9. The summed E-state index contributed by atoms with van der Waals surface area (Å²) in [4.78, 5) is 23.1. The first kappa shape index (κ1) is 16.7. The molecule has 25 heavy (non-hydrogen) atoms. The number of rotatable bonds is 7. The quantitative estimate of drug-likeness (QED) is 0.661. The lowest BCUT2D eigenvalue weighted by Crippen LogP contribution is -2.30. The lowest BCUT2D eigenvalue weighted by molar-refractivity contribution is 0.0712. The van der Waals surface area contributed by atoms with Crippen LogP contribution in [0, 0.1) is 0 Å². The van der Waals surface area contributed by atoms with Gasteiger partial charge in [0, 0.05) is 25.1 Å². The molecule has 0 aliphatic heterocycles. The molecule has 0 saturated heterocycles. The molecule has 0 N–H and O–H groups in total. The van der Waals surface area contributed by atoms with E-state index in [2.05, 4.69) is 9.97 Å². The van der Waals surface area contributed by atoms with Gasteiger partial charge in [-0.15, -0.1) is 0 Å². The topological polar surface area (TPSA) is 68.5 Å². The van der Waals surface area contributed by atoms with Gasteiger partial charge < -0.3 is 14.1 Å². The van der Waals surface area contributed by atoms with Crippen molar-refractivity contribution >= 4 is 5.91 Å². The van der Waals surface area contributed by atoms with E-state index >= 15 is 0 Å². The van der Waals surface area contributed by atoms with Gasteiger partial charge in [0.2, 0.25) is 5.88 Å². The predicted molar refractivity (Wildman–Crippen MR) is 91.9 cm³/mol. The van der Waals surface area contributed by atoms with Gasteiger partial charge in [0.25, 0.3) is 5.91 Å². The first-order chi connectivity index (χ1) is 12.3. The van der Waals surface area contributed by atoms with E-state index in [0.29, 0.717) is 36.9 Å². The minimum atomic E-state index is -0.170. The third-order valence-corrected chi connectivity index (χ3v) is 3.59. The molecule has 0 fully saturated rings. The molecule has 0 bridgehead atoms. The SMILES string of the molecule is CCOc1ncccc1C(=O)N(Cc1cccnc1)Cc1ccco1. The van der Waals surface area contributed by atoms with Gasteiger partial charge in [-0.1, -0.05) is 6.07 Å². The van der Waals surface area contributed by atoms with Crippen molar-refractivity contribution in [1.82, 2.24) is 14.9 Å². The average Bonchev–Trinajstić information content (AvgIpc) is 3.15. The Balaban J connectivity index is 1.89. The van der Waals surface area contributed by atoms with E-state index in [1.807, 2.05) is 25.1 Å². The Morgan fingerprint density at radius 1 is 1.16 bits per heavy atom. The third kappa shape index (κ3) is 4.23. The van der Waals surface area contributed by atoms with Gasteiger partial charge in [-0.05, 0) is 42.8 Å². The Kier molecular flexibility index (Phi) is 5.41. The Morgan fingerprint density at radius 2 is 2.04 bits per heavy atom. The molecule has 3 aromatic rings. The Bertz CT molecular complexity index is 804. The van der Waals surface area contributed by atoms with Crippen molar-refractivity contribution in [3.63, 3.8) is 0 Å². The molecule has 3 heterocycles. The molecule has 0 radical (unpaired) electrons. The number of furan rings is 1. The van der Waals surface area contributed by atoms with E-state index in [1.165, 1.54) is 0 Å². The maximum Gasteiger partial charge on any atom is 0.260 e. The van der Waals surface area contributed by atoms with Crippen LogP contribution in [-0.2, 0) is 13.1 Å². The second kappa shape index (κ2) is 8.10. The molecule has 6 heteroatoms. The van der Waals surface area contributed by atoms with E-state index in [-0.39, 0.29) is 5.91 Å². The number of amides is 1. The van der Waals surface area contributed by atoms with Gasteiger partial charge in [0.1, 0.15) is 11.3 Å². The van der Waals surface area contributed by atoms with Crippen molar-refractivity contribution in [2.24, 2.45) is 0 Å². The van der Waals surface area contributed by atoms with Gasteiger partial charge in [0.05, 0.1) is 19.4 Å². The van der Waals surface area contributed by atoms with Crippen LogP contribution in [0.25, 0.3) is 0 Å². The lowest BCUT2D eigenvalue weighted by Gasteiger charge is -2.22. The van der Waals surface area contributed by atoms with Crippen LogP contribution >= 0.6 is 0 Å².